The van der Waals surface area contributed by atoms with Crippen molar-refractivity contribution in [2.75, 3.05) is 23.7 Å². The number of hydrogen-bond acceptors (Lipinski definition) is 4. The molecule has 0 bridgehead atoms. The second kappa shape index (κ2) is 4.62. The first-order valence-corrected chi connectivity index (χ1v) is 6.93. The lowest BCUT2D eigenvalue weighted by Crippen LogP contribution is -2.39. The fourth-order valence-electron chi connectivity index (χ4n) is 2.59. The van der Waals surface area contributed by atoms with Crippen molar-refractivity contribution in [2.45, 2.75) is 39.5 Å². The summed E-state index contributed by atoms with van der Waals surface area (Å²) in [4.78, 5) is 2.43. The minimum atomic E-state index is 0.590. The zero-order valence-corrected chi connectivity index (χ0v) is 11.0. The van der Waals surface area contributed by atoms with Crippen molar-refractivity contribution < 1.29 is 0 Å². The molecule has 4 heteroatoms. The second-order valence-corrected chi connectivity index (χ2v) is 5.57. The predicted octanol–water partition coefficient (Wildman–Crippen LogP) is 3.13. The van der Waals surface area contributed by atoms with E-state index in [0.717, 1.165) is 13.1 Å². The van der Waals surface area contributed by atoms with Gasteiger partial charge < -0.3 is 10.6 Å². The highest BCUT2D eigenvalue weighted by Gasteiger charge is 2.31. The molecule has 1 aromatic heterocycles. The van der Waals surface area contributed by atoms with E-state index in [1.54, 1.807) is 0 Å². The van der Waals surface area contributed by atoms with Crippen molar-refractivity contribution in [1.82, 2.24) is 4.37 Å². The van der Waals surface area contributed by atoms with Crippen LogP contribution >= 0.6 is 11.5 Å². The molecule has 90 valence electrons. The summed E-state index contributed by atoms with van der Waals surface area (Å²) in [6.07, 6.45) is 5.22. The Hall–Kier alpha value is -0.770. The molecule has 1 aromatic rings. The van der Waals surface area contributed by atoms with Crippen LogP contribution in [0.25, 0.3) is 0 Å². The third kappa shape index (κ3) is 2.17. The molecule has 1 fully saturated rings. The molecule has 1 aliphatic heterocycles. The van der Waals surface area contributed by atoms with Crippen LogP contribution in [0.5, 0.6) is 0 Å². The van der Waals surface area contributed by atoms with Gasteiger partial charge in [-0.3, -0.25) is 0 Å². The Bertz CT molecular complexity index is 334. The summed E-state index contributed by atoms with van der Waals surface area (Å²) in [5.74, 6) is 0.655. The Morgan fingerprint density at radius 1 is 1.38 bits per heavy atom. The summed E-state index contributed by atoms with van der Waals surface area (Å²) < 4.78 is 4.15. The van der Waals surface area contributed by atoms with Gasteiger partial charge in [0.05, 0.1) is 0 Å². The fraction of sp³-hybridized carbons (Fsp3) is 0.750. The van der Waals surface area contributed by atoms with E-state index in [2.05, 4.69) is 23.1 Å². The van der Waals surface area contributed by atoms with Crippen LogP contribution in [-0.4, -0.2) is 17.5 Å². The second-order valence-electron chi connectivity index (χ2n) is 4.78. The maximum absolute atomic E-state index is 5.66. The standard InChI is InChI=1S/C12H21N3S/c1-3-12(4-2)5-7-15(8-6-12)11-9-10(13)14-16-11/h9H,3-8H2,1-2H3,(H2,13,14). The minimum absolute atomic E-state index is 0.590. The van der Waals surface area contributed by atoms with Gasteiger partial charge in [-0.1, -0.05) is 26.7 Å². The van der Waals surface area contributed by atoms with E-state index in [9.17, 15) is 0 Å². The number of nitrogens with two attached hydrogens (primary N) is 1. The highest BCUT2D eigenvalue weighted by atomic mass is 32.1. The Morgan fingerprint density at radius 2 is 2.00 bits per heavy atom. The van der Waals surface area contributed by atoms with E-state index in [1.807, 2.05) is 6.07 Å². The molecule has 0 amide bonds. The third-order valence-electron chi connectivity index (χ3n) is 4.15. The van der Waals surface area contributed by atoms with Gasteiger partial charge in [-0.05, 0) is 29.8 Å². The predicted molar refractivity (Wildman–Crippen MR) is 71.0 cm³/mol. The quantitative estimate of drug-likeness (QED) is 0.881. The van der Waals surface area contributed by atoms with E-state index in [0.29, 0.717) is 11.2 Å². The zero-order chi connectivity index (χ0) is 11.6. The summed E-state index contributed by atoms with van der Waals surface area (Å²) in [6, 6.07) is 2.00. The summed E-state index contributed by atoms with van der Waals surface area (Å²) >= 11 is 1.52. The number of nitrogen functional groups attached to an aromatic ring is 1. The first kappa shape index (κ1) is 11.7. The van der Waals surface area contributed by atoms with Crippen LogP contribution in [0.2, 0.25) is 0 Å². The Kier molecular flexibility index (Phi) is 3.38. The molecule has 1 saturated heterocycles. The van der Waals surface area contributed by atoms with Crippen LogP contribution < -0.4 is 10.6 Å². The molecule has 0 aromatic carbocycles. The highest BCUT2D eigenvalue weighted by Crippen LogP contribution is 2.39. The first-order chi connectivity index (χ1) is 7.69. The molecule has 0 saturated carbocycles. The van der Waals surface area contributed by atoms with Gasteiger partial charge in [0.1, 0.15) is 10.8 Å². The molecule has 2 N–H and O–H groups in total. The molecule has 0 spiro atoms. The molecule has 0 atom stereocenters. The largest absolute Gasteiger partial charge is 0.383 e. The number of rotatable bonds is 3. The molecule has 0 unspecified atom stereocenters. The summed E-state index contributed by atoms with van der Waals surface area (Å²) in [5, 5.41) is 1.23. The van der Waals surface area contributed by atoms with E-state index in [1.165, 1.54) is 42.2 Å². The van der Waals surface area contributed by atoms with Gasteiger partial charge in [0.15, 0.2) is 0 Å². The van der Waals surface area contributed by atoms with Crippen molar-refractivity contribution in [3.8, 4) is 0 Å². The van der Waals surface area contributed by atoms with Gasteiger partial charge in [0.2, 0.25) is 0 Å². The van der Waals surface area contributed by atoms with Gasteiger partial charge in [0.25, 0.3) is 0 Å². The number of anilines is 2. The smallest absolute Gasteiger partial charge is 0.139 e. The molecule has 16 heavy (non-hydrogen) atoms. The van der Waals surface area contributed by atoms with Crippen LogP contribution in [0, 0.1) is 5.41 Å². The van der Waals surface area contributed by atoms with Crippen LogP contribution in [0.1, 0.15) is 39.5 Å². The lowest BCUT2D eigenvalue weighted by molar-refractivity contribution is 0.200. The fourth-order valence-corrected chi connectivity index (χ4v) is 3.31. The van der Waals surface area contributed by atoms with Gasteiger partial charge in [0, 0.05) is 19.2 Å². The van der Waals surface area contributed by atoms with E-state index in [4.69, 9.17) is 5.73 Å². The average molecular weight is 239 g/mol. The Morgan fingerprint density at radius 3 is 2.44 bits per heavy atom. The summed E-state index contributed by atoms with van der Waals surface area (Å²) in [6.45, 7) is 6.96. The topological polar surface area (TPSA) is 42.1 Å². The van der Waals surface area contributed by atoms with Gasteiger partial charge in [-0.25, -0.2) is 0 Å². The Labute approximate surface area is 102 Å². The number of piperidine rings is 1. The summed E-state index contributed by atoms with van der Waals surface area (Å²) in [7, 11) is 0. The monoisotopic (exact) mass is 239 g/mol. The molecular formula is C12H21N3S. The van der Waals surface area contributed by atoms with E-state index >= 15 is 0 Å². The number of hydrogen-bond donors (Lipinski definition) is 1. The lowest BCUT2D eigenvalue weighted by atomic mass is 9.74. The molecule has 1 aliphatic rings. The van der Waals surface area contributed by atoms with Crippen LogP contribution in [-0.2, 0) is 0 Å². The SMILES string of the molecule is CCC1(CC)CCN(c2cc(N)ns2)CC1. The average Bonchev–Trinajstić information content (AvgIpc) is 2.76. The van der Waals surface area contributed by atoms with Gasteiger partial charge >= 0.3 is 0 Å². The minimum Gasteiger partial charge on any atom is -0.383 e. The number of aromatic nitrogens is 1. The van der Waals surface area contributed by atoms with Crippen LogP contribution in [0.3, 0.4) is 0 Å². The van der Waals surface area contributed by atoms with Crippen LogP contribution in [0.4, 0.5) is 10.8 Å². The molecule has 3 nitrogen and oxygen atoms in total. The van der Waals surface area contributed by atoms with Gasteiger partial charge in [-0.15, -0.1) is 0 Å². The Balaban J connectivity index is 1.99. The highest BCUT2D eigenvalue weighted by molar-refractivity contribution is 7.10. The van der Waals surface area contributed by atoms with E-state index < -0.39 is 0 Å². The van der Waals surface area contributed by atoms with Crippen molar-refractivity contribution in [3.63, 3.8) is 0 Å². The molecule has 0 radical (unpaired) electrons. The molecular weight excluding hydrogens is 218 g/mol. The maximum Gasteiger partial charge on any atom is 0.139 e. The van der Waals surface area contributed by atoms with Crippen molar-refractivity contribution in [3.05, 3.63) is 6.07 Å². The number of nitrogens with zero attached hydrogens (tertiary/aromatic N) is 2. The zero-order valence-electron chi connectivity index (χ0n) is 10.2. The normalized spacial score (nSPS) is 20.0. The maximum atomic E-state index is 5.66. The molecule has 2 heterocycles. The third-order valence-corrected chi connectivity index (χ3v) is 5.02. The van der Waals surface area contributed by atoms with Crippen molar-refractivity contribution in [2.24, 2.45) is 5.41 Å². The van der Waals surface area contributed by atoms with Crippen molar-refractivity contribution in [1.29, 1.82) is 0 Å². The van der Waals surface area contributed by atoms with Crippen LogP contribution in [0.15, 0.2) is 6.07 Å². The molecule has 2 rings (SSSR count). The van der Waals surface area contributed by atoms with Gasteiger partial charge in [-0.2, -0.15) is 4.37 Å². The van der Waals surface area contributed by atoms with Crippen molar-refractivity contribution >= 4 is 22.4 Å². The summed E-state index contributed by atoms with van der Waals surface area (Å²) in [5.41, 5.74) is 6.25. The molecule has 0 aliphatic carbocycles. The van der Waals surface area contributed by atoms with E-state index in [-0.39, 0.29) is 0 Å². The first-order valence-electron chi connectivity index (χ1n) is 6.16. The lowest BCUT2D eigenvalue weighted by Gasteiger charge is -2.41.